The number of ether oxygens (including phenoxy) is 1. The first-order chi connectivity index (χ1) is 11.0. The molecule has 1 aliphatic rings. The molecule has 0 spiro atoms. The van der Waals surface area contributed by atoms with Gasteiger partial charge in [0.2, 0.25) is 20.0 Å². The average molecular weight is 384 g/mol. The highest BCUT2D eigenvalue weighted by atomic mass is 32.2. The molecule has 1 aromatic rings. The lowest BCUT2D eigenvalue weighted by atomic mass is 10.1. The molecule has 24 heavy (non-hydrogen) atoms. The van der Waals surface area contributed by atoms with Gasteiger partial charge < -0.3 is 4.74 Å². The Morgan fingerprint density at radius 1 is 1.17 bits per heavy atom. The molecule has 0 aromatic heterocycles. The van der Waals surface area contributed by atoms with Gasteiger partial charge in [0, 0.05) is 20.0 Å². The van der Waals surface area contributed by atoms with Crippen LogP contribution >= 0.6 is 0 Å². The normalized spacial score (nSPS) is 22.2. The molecule has 2 rings (SSSR count). The van der Waals surface area contributed by atoms with E-state index in [1.807, 2.05) is 0 Å². The lowest BCUT2D eigenvalue weighted by Crippen LogP contribution is -2.43. The van der Waals surface area contributed by atoms with Crippen molar-refractivity contribution in [1.82, 2.24) is 9.03 Å². The van der Waals surface area contributed by atoms with Crippen LogP contribution in [0, 0.1) is 17.6 Å². The van der Waals surface area contributed by atoms with E-state index in [0.29, 0.717) is 0 Å². The molecule has 1 aromatic carbocycles. The van der Waals surface area contributed by atoms with Gasteiger partial charge in [0.1, 0.15) is 11.6 Å². The Balaban J connectivity index is 2.23. The Morgan fingerprint density at radius 3 is 2.29 bits per heavy atom. The van der Waals surface area contributed by atoms with Crippen molar-refractivity contribution >= 4 is 20.0 Å². The van der Waals surface area contributed by atoms with Crippen LogP contribution in [-0.2, 0) is 24.8 Å². The molecule has 1 aliphatic heterocycles. The number of benzene rings is 1. The predicted octanol–water partition coefficient (Wildman–Crippen LogP) is 0.150. The number of hydrogen-bond donors (Lipinski definition) is 1. The van der Waals surface area contributed by atoms with E-state index < -0.39 is 48.5 Å². The van der Waals surface area contributed by atoms with Crippen LogP contribution in [0.15, 0.2) is 23.1 Å². The summed E-state index contributed by atoms with van der Waals surface area (Å²) < 4.78 is 84.1. The minimum absolute atomic E-state index is 0.0278. The zero-order chi connectivity index (χ0) is 18.1. The standard InChI is InChI=1S/C13H18F2N2O5S2/c1-17(2)23(18,19)8-9-6-22-7-12(9)16-24(20,21)13-10(14)4-3-5-11(13)15/h3-5,9,12,16H,6-8H2,1-2H3/t9-,12-/m0/s1. The van der Waals surface area contributed by atoms with Crippen LogP contribution < -0.4 is 4.72 Å². The highest BCUT2D eigenvalue weighted by molar-refractivity contribution is 7.89. The van der Waals surface area contributed by atoms with E-state index in [1.165, 1.54) is 14.1 Å². The Hall–Kier alpha value is -1.14. The summed E-state index contributed by atoms with van der Waals surface area (Å²) in [4.78, 5) is -1.09. The van der Waals surface area contributed by atoms with Crippen LogP contribution in [-0.4, -0.2) is 60.2 Å². The smallest absolute Gasteiger partial charge is 0.246 e. The molecule has 1 saturated heterocycles. The third kappa shape index (κ3) is 4.09. The van der Waals surface area contributed by atoms with E-state index in [9.17, 15) is 25.6 Å². The summed E-state index contributed by atoms with van der Waals surface area (Å²) in [5.74, 6) is -3.45. The number of rotatable bonds is 6. The molecule has 1 fully saturated rings. The second kappa shape index (κ2) is 7.00. The van der Waals surface area contributed by atoms with Crippen molar-refractivity contribution in [1.29, 1.82) is 0 Å². The van der Waals surface area contributed by atoms with Crippen LogP contribution in [0.4, 0.5) is 8.78 Å². The summed E-state index contributed by atoms with van der Waals surface area (Å²) in [6.45, 7) is -0.0527. The fourth-order valence-electron chi connectivity index (χ4n) is 2.31. The first kappa shape index (κ1) is 19.2. The van der Waals surface area contributed by atoms with Crippen LogP contribution in [0.3, 0.4) is 0 Å². The average Bonchev–Trinajstić information content (AvgIpc) is 2.83. The van der Waals surface area contributed by atoms with Gasteiger partial charge in [-0.2, -0.15) is 0 Å². The Kier molecular flexibility index (Phi) is 5.60. The minimum atomic E-state index is -4.50. The number of nitrogens with one attached hydrogen (secondary N) is 1. The Labute approximate surface area is 139 Å². The summed E-state index contributed by atoms with van der Waals surface area (Å²) in [6, 6.07) is 1.81. The summed E-state index contributed by atoms with van der Waals surface area (Å²) in [6.07, 6.45) is 0. The molecule has 1 heterocycles. The third-order valence-corrected chi connectivity index (χ3v) is 7.18. The summed E-state index contributed by atoms with van der Waals surface area (Å²) >= 11 is 0. The van der Waals surface area contributed by atoms with Crippen LogP contribution in [0.5, 0.6) is 0 Å². The van der Waals surface area contributed by atoms with Crippen molar-refractivity contribution in [3.63, 3.8) is 0 Å². The Morgan fingerprint density at radius 2 is 1.75 bits per heavy atom. The predicted molar refractivity (Wildman–Crippen MR) is 82.3 cm³/mol. The molecule has 0 unspecified atom stereocenters. The van der Waals surface area contributed by atoms with Gasteiger partial charge in [-0.25, -0.2) is 34.6 Å². The fraction of sp³-hybridized carbons (Fsp3) is 0.538. The third-order valence-electron chi connectivity index (χ3n) is 3.67. The number of halogens is 2. The van der Waals surface area contributed by atoms with Gasteiger partial charge in [0.25, 0.3) is 0 Å². The fourth-order valence-corrected chi connectivity index (χ4v) is 4.90. The number of hydrogen-bond acceptors (Lipinski definition) is 5. The zero-order valence-corrected chi connectivity index (χ0v) is 14.7. The summed E-state index contributed by atoms with van der Waals surface area (Å²) in [5, 5.41) is 0. The van der Waals surface area contributed by atoms with Crippen molar-refractivity contribution in [2.75, 3.05) is 33.1 Å². The van der Waals surface area contributed by atoms with E-state index in [-0.39, 0.29) is 19.0 Å². The van der Waals surface area contributed by atoms with E-state index in [4.69, 9.17) is 4.74 Å². The molecule has 11 heteroatoms. The van der Waals surface area contributed by atoms with Gasteiger partial charge >= 0.3 is 0 Å². The molecule has 0 bridgehead atoms. The SMILES string of the molecule is CN(C)S(=O)(=O)C[C@@H]1COC[C@@H]1NS(=O)(=O)c1c(F)cccc1F. The first-order valence-corrected chi connectivity index (χ1v) is 10.1. The molecule has 0 radical (unpaired) electrons. The lowest BCUT2D eigenvalue weighted by Gasteiger charge is -2.21. The van der Waals surface area contributed by atoms with Crippen molar-refractivity contribution in [3.05, 3.63) is 29.8 Å². The van der Waals surface area contributed by atoms with Crippen LogP contribution in [0.2, 0.25) is 0 Å². The van der Waals surface area contributed by atoms with Crippen molar-refractivity contribution in [3.8, 4) is 0 Å². The molecule has 136 valence electrons. The van der Waals surface area contributed by atoms with E-state index in [0.717, 1.165) is 22.5 Å². The maximum atomic E-state index is 13.7. The van der Waals surface area contributed by atoms with E-state index >= 15 is 0 Å². The van der Waals surface area contributed by atoms with Crippen LogP contribution in [0.1, 0.15) is 0 Å². The second-order valence-electron chi connectivity index (χ2n) is 5.64. The quantitative estimate of drug-likeness (QED) is 0.754. The molecular formula is C13H18F2N2O5S2. The molecule has 0 amide bonds. The monoisotopic (exact) mass is 384 g/mol. The van der Waals surface area contributed by atoms with Crippen molar-refractivity contribution in [2.24, 2.45) is 5.92 Å². The van der Waals surface area contributed by atoms with Gasteiger partial charge in [-0.1, -0.05) is 6.07 Å². The van der Waals surface area contributed by atoms with Gasteiger partial charge in [0.05, 0.1) is 25.0 Å². The van der Waals surface area contributed by atoms with Gasteiger partial charge in [-0.05, 0) is 12.1 Å². The molecule has 0 aliphatic carbocycles. The maximum Gasteiger partial charge on any atom is 0.246 e. The van der Waals surface area contributed by atoms with E-state index in [1.54, 1.807) is 0 Å². The second-order valence-corrected chi connectivity index (χ2v) is 9.52. The van der Waals surface area contributed by atoms with Gasteiger partial charge in [-0.15, -0.1) is 0 Å². The summed E-state index contributed by atoms with van der Waals surface area (Å²) in [7, 11) is -5.36. The lowest BCUT2D eigenvalue weighted by molar-refractivity contribution is 0.185. The maximum absolute atomic E-state index is 13.7. The van der Waals surface area contributed by atoms with Gasteiger partial charge in [0.15, 0.2) is 4.90 Å². The zero-order valence-electron chi connectivity index (χ0n) is 13.1. The topological polar surface area (TPSA) is 92.8 Å². The molecule has 2 atom stereocenters. The first-order valence-electron chi connectivity index (χ1n) is 6.99. The van der Waals surface area contributed by atoms with Gasteiger partial charge in [-0.3, -0.25) is 0 Å². The van der Waals surface area contributed by atoms with E-state index in [2.05, 4.69) is 4.72 Å². The summed E-state index contributed by atoms with van der Waals surface area (Å²) in [5.41, 5.74) is 0. The molecule has 0 saturated carbocycles. The minimum Gasteiger partial charge on any atom is -0.379 e. The largest absolute Gasteiger partial charge is 0.379 e. The molecule has 7 nitrogen and oxygen atoms in total. The number of sulfonamides is 2. The number of nitrogens with zero attached hydrogens (tertiary/aromatic N) is 1. The van der Waals surface area contributed by atoms with Crippen molar-refractivity contribution in [2.45, 2.75) is 10.9 Å². The Bertz CT molecular complexity index is 791. The van der Waals surface area contributed by atoms with Crippen LogP contribution in [0.25, 0.3) is 0 Å². The van der Waals surface area contributed by atoms with Crippen molar-refractivity contribution < 1.29 is 30.4 Å². The molecule has 1 N–H and O–H groups in total. The molecular weight excluding hydrogens is 366 g/mol. The highest BCUT2D eigenvalue weighted by Crippen LogP contribution is 2.22. The highest BCUT2D eigenvalue weighted by Gasteiger charge is 2.37.